The van der Waals surface area contributed by atoms with Gasteiger partial charge < -0.3 is 14.5 Å². The van der Waals surface area contributed by atoms with Gasteiger partial charge in [0, 0.05) is 18.2 Å². The van der Waals surface area contributed by atoms with Gasteiger partial charge in [0.05, 0.1) is 0 Å². The van der Waals surface area contributed by atoms with Crippen LogP contribution in [0.1, 0.15) is 50.7 Å². The van der Waals surface area contributed by atoms with Crippen LogP contribution in [0.5, 0.6) is 5.75 Å². The SMILES string of the molecule is COCP(=O)(O)OOc1c(C(C)C)cccc1C(C)C. The molecule has 0 aliphatic rings. The molecule has 6 heteroatoms. The molecule has 1 aromatic carbocycles. The summed E-state index contributed by atoms with van der Waals surface area (Å²) in [4.78, 5) is 14.7. The summed E-state index contributed by atoms with van der Waals surface area (Å²) in [6.07, 6.45) is -0.409. The molecule has 0 heterocycles. The molecule has 0 saturated carbocycles. The predicted molar refractivity (Wildman–Crippen MR) is 78.0 cm³/mol. The van der Waals surface area contributed by atoms with E-state index >= 15 is 0 Å². The van der Waals surface area contributed by atoms with Gasteiger partial charge in [-0.3, -0.25) is 4.57 Å². The van der Waals surface area contributed by atoms with E-state index in [2.05, 4.69) is 4.74 Å². The van der Waals surface area contributed by atoms with Crippen molar-refractivity contribution in [3.8, 4) is 5.75 Å². The van der Waals surface area contributed by atoms with Gasteiger partial charge in [-0.1, -0.05) is 50.6 Å². The van der Waals surface area contributed by atoms with Gasteiger partial charge in [-0.25, -0.2) is 0 Å². The van der Waals surface area contributed by atoms with Crippen molar-refractivity contribution in [2.45, 2.75) is 39.5 Å². The lowest BCUT2D eigenvalue weighted by atomic mass is 9.94. The monoisotopic (exact) mass is 302 g/mol. The molecule has 1 atom stereocenters. The molecule has 0 aliphatic carbocycles. The molecule has 0 fully saturated rings. The first-order valence-corrected chi connectivity index (χ1v) is 8.34. The second-order valence-corrected chi connectivity index (χ2v) is 6.97. The minimum Gasteiger partial charge on any atom is -0.372 e. The van der Waals surface area contributed by atoms with Crippen LogP contribution in [0.15, 0.2) is 18.2 Å². The topological polar surface area (TPSA) is 65.0 Å². The van der Waals surface area contributed by atoms with E-state index in [0.717, 1.165) is 11.1 Å². The molecule has 1 unspecified atom stereocenters. The maximum atomic E-state index is 11.6. The summed E-state index contributed by atoms with van der Waals surface area (Å²) in [7, 11) is -2.58. The van der Waals surface area contributed by atoms with Crippen LogP contribution >= 0.6 is 7.60 Å². The van der Waals surface area contributed by atoms with Crippen molar-refractivity contribution in [3.63, 3.8) is 0 Å². The fraction of sp³-hybridized carbons (Fsp3) is 0.571. The third-order valence-electron chi connectivity index (χ3n) is 2.85. The van der Waals surface area contributed by atoms with Crippen molar-refractivity contribution >= 4 is 7.60 Å². The zero-order valence-corrected chi connectivity index (χ0v) is 13.5. The number of ether oxygens (including phenoxy) is 1. The van der Waals surface area contributed by atoms with Crippen LogP contribution in [-0.4, -0.2) is 18.4 Å². The van der Waals surface area contributed by atoms with E-state index in [1.165, 1.54) is 7.11 Å². The molecule has 0 aromatic heterocycles. The molecule has 0 spiro atoms. The quantitative estimate of drug-likeness (QED) is 0.468. The van der Waals surface area contributed by atoms with Crippen LogP contribution in [0.4, 0.5) is 0 Å². The van der Waals surface area contributed by atoms with Crippen LogP contribution in [-0.2, 0) is 14.0 Å². The highest BCUT2D eigenvalue weighted by molar-refractivity contribution is 7.52. The molecule has 0 aliphatic heterocycles. The average Bonchev–Trinajstić information content (AvgIpc) is 2.35. The molecule has 0 amide bonds. The van der Waals surface area contributed by atoms with Crippen molar-refractivity contribution in [2.75, 3.05) is 13.5 Å². The van der Waals surface area contributed by atoms with Gasteiger partial charge in [0.1, 0.15) is 0 Å². The van der Waals surface area contributed by atoms with Crippen LogP contribution in [0.3, 0.4) is 0 Å². The highest BCUT2D eigenvalue weighted by Crippen LogP contribution is 2.44. The average molecular weight is 302 g/mol. The molecule has 114 valence electrons. The Morgan fingerprint density at radius 3 is 2.05 bits per heavy atom. The van der Waals surface area contributed by atoms with Crippen molar-refractivity contribution in [3.05, 3.63) is 29.3 Å². The number of hydrogen-bond acceptors (Lipinski definition) is 4. The Labute approximate surface area is 120 Å². The van der Waals surface area contributed by atoms with E-state index in [-0.39, 0.29) is 11.8 Å². The maximum Gasteiger partial charge on any atom is 0.391 e. The van der Waals surface area contributed by atoms with Crippen LogP contribution in [0, 0.1) is 0 Å². The standard InChI is InChI=1S/C14H23O5P/c1-10(2)12-7-6-8-13(11(3)4)14(12)18-19-20(15,16)9-17-5/h6-8,10-11H,9H2,1-5H3,(H,15,16). The van der Waals surface area contributed by atoms with Crippen LogP contribution < -0.4 is 4.89 Å². The van der Waals surface area contributed by atoms with Crippen molar-refractivity contribution in [2.24, 2.45) is 0 Å². The smallest absolute Gasteiger partial charge is 0.372 e. The summed E-state index contributed by atoms with van der Waals surface area (Å²) < 4.78 is 21.0. The lowest BCUT2D eigenvalue weighted by molar-refractivity contribution is -0.114. The van der Waals surface area contributed by atoms with Gasteiger partial charge in [0.25, 0.3) is 0 Å². The van der Waals surface area contributed by atoms with E-state index in [1.54, 1.807) is 0 Å². The fourth-order valence-corrected chi connectivity index (χ4v) is 2.42. The second-order valence-electron chi connectivity index (χ2n) is 5.29. The fourth-order valence-electron chi connectivity index (χ4n) is 1.86. The summed E-state index contributed by atoms with van der Waals surface area (Å²) in [6.45, 7) is 8.11. The van der Waals surface area contributed by atoms with Crippen LogP contribution in [0.25, 0.3) is 0 Å². The zero-order valence-electron chi connectivity index (χ0n) is 12.6. The largest absolute Gasteiger partial charge is 0.391 e. The summed E-state index contributed by atoms with van der Waals surface area (Å²) in [5.74, 6) is 0.948. The summed E-state index contributed by atoms with van der Waals surface area (Å²) in [6, 6.07) is 5.80. The highest BCUT2D eigenvalue weighted by atomic mass is 31.2. The lowest BCUT2D eigenvalue weighted by Gasteiger charge is -2.19. The normalized spacial score (nSPS) is 14.6. The Morgan fingerprint density at radius 2 is 1.65 bits per heavy atom. The Hall–Kier alpha value is -0.870. The highest BCUT2D eigenvalue weighted by Gasteiger charge is 2.24. The van der Waals surface area contributed by atoms with E-state index in [1.807, 2.05) is 45.9 Å². The van der Waals surface area contributed by atoms with Gasteiger partial charge in [-0.2, -0.15) is 0 Å². The Bertz CT molecular complexity index is 458. The Kier molecular flexibility index (Phi) is 6.21. The molecule has 0 bridgehead atoms. The number of hydrogen-bond donors (Lipinski definition) is 1. The van der Waals surface area contributed by atoms with Gasteiger partial charge >= 0.3 is 7.60 Å². The molecule has 0 radical (unpaired) electrons. The van der Waals surface area contributed by atoms with Crippen molar-refractivity contribution < 1.29 is 23.8 Å². The van der Waals surface area contributed by atoms with Crippen molar-refractivity contribution in [1.82, 2.24) is 0 Å². The van der Waals surface area contributed by atoms with E-state index in [9.17, 15) is 9.46 Å². The molecule has 0 saturated heterocycles. The zero-order chi connectivity index (χ0) is 15.3. The third-order valence-corrected chi connectivity index (χ3v) is 3.74. The third kappa shape index (κ3) is 4.60. The van der Waals surface area contributed by atoms with Gasteiger partial charge in [0.15, 0.2) is 12.1 Å². The summed E-state index contributed by atoms with van der Waals surface area (Å²) in [5, 5.41) is 0. The van der Waals surface area contributed by atoms with Gasteiger partial charge in [-0.15, -0.1) is 0 Å². The molecule has 20 heavy (non-hydrogen) atoms. The molecular weight excluding hydrogens is 279 g/mol. The first kappa shape index (κ1) is 17.2. The summed E-state index contributed by atoms with van der Waals surface area (Å²) in [5.41, 5.74) is 1.88. The number of rotatable bonds is 7. The minimum absolute atomic E-state index is 0.216. The summed E-state index contributed by atoms with van der Waals surface area (Å²) >= 11 is 0. The van der Waals surface area contributed by atoms with Crippen LogP contribution in [0.2, 0.25) is 0 Å². The number of methoxy groups -OCH3 is 1. The van der Waals surface area contributed by atoms with Crippen molar-refractivity contribution in [1.29, 1.82) is 0 Å². The first-order chi connectivity index (χ1) is 9.28. The minimum atomic E-state index is -3.90. The maximum absolute atomic E-state index is 11.6. The van der Waals surface area contributed by atoms with Gasteiger partial charge in [-0.05, 0) is 11.8 Å². The Balaban J connectivity index is 3.05. The predicted octanol–water partition coefficient (Wildman–Crippen LogP) is 4.03. The van der Waals surface area contributed by atoms with Gasteiger partial charge in [0.2, 0.25) is 0 Å². The molecule has 1 aromatic rings. The van der Waals surface area contributed by atoms with E-state index in [4.69, 9.17) is 9.56 Å². The second kappa shape index (κ2) is 7.23. The molecule has 1 N–H and O–H groups in total. The molecule has 5 nitrogen and oxygen atoms in total. The number of benzene rings is 1. The number of para-hydroxylation sites is 1. The first-order valence-electron chi connectivity index (χ1n) is 6.58. The van der Waals surface area contributed by atoms with E-state index in [0.29, 0.717) is 5.75 Å². The van der Waals surface area contributed by atoms with E-state index < -0.39 is 13.9 Å². The lowest BCUT2D eigenvalue weighted by Crippen LogP contribution is -2.06. The molecule has 1 rings (SSSR count). The molecular formula is C14H23O5P. The Morgan fingerprint density at radius 1 is 1.15 bits per heavy atom.